The van der Waals surface area contributed by atoms with Crippen LogP contribution in [0.3, 0.4) is 0 Å². The lowest BCUT2D eigenvalue weighted by Crippen LogP contribution is -2.36. The molecule has 0 bridgehead atoms. The van der Waals surface area contributed by atoms with Gasteiger partial charge in [0.15, 0.2) is 5.69 Å². The largest absolute Gasteiger partial charge is 0.347 e. The van der Waals surface area contributed by atoms with Gasteiger partial charge in [-0.05, 0) is 25.1 Å². The van der Waals surface area contributed by atoms with Crippen LogP contribution in [0.15, 0.2) is 36.5 Å². The molecule has 0 saturated carbocycles. The topological polar surface area (TPSA) is 71.8 Å². The van der Waals surface area contributed by atoms with Gasteiger partial charge in [-0.3, -0.25) is 4.79 Å². The predicted octanol–water partition coefficient (Wildman–Crippen LogP) is 0.359. The smallest absolute Gasteiger partial charge is 0.273 e. The lowest BCUT2D eigenvalue weighted by Gasteiger charge is -2.08. The highest BCUT2D eigenvalue weighted by Crippen LogP contribution is 2.06. The summed E-state index contributed by atoms with van der Waals surface area (Å²) in [6, 6.07) is 9.78. The molecule has 6 nitrogen and oxygen atoms in total. The van der Waals surface area contributed by atoms with Crippen LogP contribution in [0.5, 0.6) is 0 Å². The molecule has 2 N–H and O–H groups in total. The first-order valence-electron chi connectivity index (χ1n) is 6.32. The van der Waals surface area contributed by atoms with Crippen molar-refractivity contribution in [2.24, 2.45) is 0 Å². The average molecular weight is 257 g/mol. The molecule has 6 heteroatoms. The second kappa shape index (κ2) is 5.19. The van der Waals surface area contributed by atoms with Crippen molar-refractivity contribution in [2.75, 3.05) is 13.1 Å². The van der Waals surface area contributed by atoms with Crippen LogP contribution in [0.2, 0.25) is 0 Å². The summed E-state index contributed by atoms with van der Waals surface area (Å²) < 4.78 is 1.60. The Bertz CT molecular complexity index is 559. The van der Waals surface area contributed by atoms with Gasteiger partial charge >= 0.3 is 0 Å². The molecule has 1 aliphatic heterocycles. The molecule has 19 heavy (non-hydrogen) atoms. The van der Waals surface area contributed by atoms with Gasteiger partial charge in [0.2, 0.25) is 0 Å². The summed E-state index contributed by atoms with van der Waals surface area (Å²) in [4.78, 5) is 12.0. The number of carbonyl (C=O) groups is 1. The number of para-hydroxylation sites is 1. The molecule has 0 spiro atoms. The zero-order chi connectivity index (χ0) is 13.1. The number of carbonyl (C=O) groups excluding carboxylic acids is 1. The van der Waals surface area contributed by atoms with E-state index >= 15 is 0 Å². The quantitative estimate of drug-likeness (QED) is 0.832. The Labute approximate surface area is 110 Å². The third-order valence-electron chi connectivity index (χ3n) is 3.14. The van der Waals surface area contributed by atoms with E-state index < -0.39 is 0 Å². The van der Waals surface area contributed by atoms with Crippen molar-refractivity contribution < 1.29 is 4.79 Å². The first kappa shape index (κ1) is 11.9. The predicted molar refractivity (Wildman–Crippen MR) is 70.1 cm³/mol. The Morgan fingerprint density at radius 1 is 1.37 bits per heavy atom. The molecule has 1 amide bonds. The van der Waals surface area contributed by atoms with Crippen molar-refractivity contribution in [3.63, 3.8) is 0 Å². The number of nitrogens with one attached hydrogen (secondary N) is 2. The number of rotatable bonds is 3. The summed E-state index contributed by atoms with van der Waals surface area (Å²) in [6.07, 6.45) is 2.60. The average Bonchev–Trinajstić information content (AvgIpc) is 3.10. The van der Waals surface area contributed by atoms with Crippen molar-refractivity contribution >= 4 is 5.91 Å². The number of nitrogens with zero attached hydrogens (tertiary/aromatic N) is 3. The maximum atomic E-state index is 12.0. The first-order chi connectivity index (χ1) is 9.33. The van der Waals surface area contributed by atoms with E-state index in [0.29, 0.717) is 5.69 Å². The minimum atomic E-state index is -0.170. The van der Waals surface area contributed by atoms with Crippen LogP contribution in [-0.2, 0) is 0 Å². The molecule has 1 fully saturated rings. The van der Waals surface area contributed by atoms with Crippen molar-refractivity contribution in [3.8, 4) is 5.69 Å². The van der Waals surface area contributed by atoms with Crippen LogP contribution in [-0.4, -0.2) is 40.0 Å². The lowest BCUT2D eigenvalue weighted by molar-refractivity contribution is 0.0935. The van der Waals surface area contributed by atoms with Gasteiger partial charge in [0.05, 0.1) is 11.9 Å². The molecule has 1 atom stereocenters. The van der Waals surface area contributed by atoms with Gasteiger partial charge in [-0.1, -0.05) is 23.4 Å². The van der Waals surface area contributed by atoms with Gasteiger partial charge in [0.1, 0.15) is 0 Å². The van der Waals surface area contributed by atoms with Crippen LogP contribution in [0.4, 0.5) is 0 Å². The van der Waals surface area contributed by atoms with Crippen molar-refractivity contribution in [3.05, 3.63) is 42.2 Å². The standard InChI is InChI=1S/C13H15N5O/c19-13(15-10-6-7-14-8-10)12-9-18(17-16-12)11-4-2-1-3-5-11/h1-5,9-10,14H,6-8H2,(H,15,19). The zero-order valence-corrected chi connectivity index (χ0v) is 10.4. The third kappa shape index (κ3) is 2.63. The highest BCUT2D eigenvalue weighted by molar-refractivity contribution is 5.92. The van der Waals surface area contributed by atoms with Gasteiger partial charge < -0.3 is 10.6 Å². The molecule has 2 heterocycles. The normalized spacial score (nSPS) is 18.4. The maximum absolute atomic E-state index is 12.0. The fraction of sp³-hybridized carbons (Fsp3) is 0.308. The summed E-state index contributed by atoms with van der Waals surface area (Å²) in [5, 5.41) is 14.0. The van der Waals surface area contributed by atoms with Gasteiger partial charge in [0.25, 0.3) is 5.91 Å². The number of aromatic nitrogens is 3. The van der Waals surface area contributed by atoms with Crippen molar-refractivity contribution in [1.29, 1.82) is 0 Å². The summed E-state index contributed by atoms with van der Waals surface area (Å²) in [6.45, 7) is 1.76. The molecule has 1 aromatic carbocycles. The molecule has 1 aromatic heterocycles. The Kier molecular flexibility index (Phi) is 3.24. The van der Waals surface area contributed by atoms with E-state index in [0.717, 1.165) is 25.2 Å². The number of hydrogen-bond donors (Lipinski definition) is 2. The fourth-order valence-corrected chi connectivity index (χ4v) is 2.11. The van der Waals surface area contributed by atoms with Crippen molar-refractivity contribution in [2.45, 2.75) is 12.5 Å². The molecule has 0 aliphatic carbocycles. The van der Waals surface area contributed by atoms with E-state index in [4.69, 9.17) is 0 Å². The third-order valence-corrected chi connectivity index (χ3v) is 3.14. The maximum Gasteiger partial charge on any atom is 0.273 e. The summed E-state index contributed by atoms with van der Waals surface area (Å²) >= 11 is 0. The van der Waals surface area contributed by atoms with E-state index in [-0.39, 0.29) is 11.9 Å². The Morgan fingerprint density at radius 3 is 2.95 bits per heavy atom. The molecular weight excluding hydrogens is 242 g/mol. The van der Waals surface area contributed by atoms with Crippen LogP contribution in [0, 0.1) is 0 Å². The van der Waals surface area contributed by atoms with Gasteiger partial charge in [-0.15, -0.1) is 5.10 Å². The van der Waals surface area contributed by atoms with E-state index in [1.807, 2.05) is 30.3 Å². The highest BCUT2D eigenvalue weighted by Gasteiger charge is 2.19. The Balaban J connectivity index is 1.72. The minimum absolute atomic E-state index is 0.170. The number of amides is 1. The van der Waals surface area contributed by atoms with Crippen LogP contribution in [0.1, 0.15) is 16.9 Å². The Morgan fingerprint density at radius 2 is 2.21 bits per heavy atom. The van der Waals surface area contributed by atoms with Crippen LogP contribution < -0.4 is 10.6 Å². The van der Waals surface area contributed by atoms with E-state index in [1.54, 1.807) is 10.9 Å². The zero-order valence-electron chi connectivity index (χ0n) is 10.4. The monoisotopic (exact) mass is 257 g/mol. The fourth-order valence-electron chi connectivity index (χ4n) is 2.11. The summed E-state index contributed by atoms with van der Waals surface area (Å²) in [7, 11) is 0. The lowest BCUT2D eigenvalue weighted by atomic mass is 10.2. The Hall–Kier alpha value is -2.21. The summed E-state index contributed by atoms with van der Waals surface area (Å²) in [5.41, 5.74) is 1.23. The van der Waals surface area contributed by atoms with Gasteiger partial charge in [-0.2, -0.15) is 0 Å². The van der Waals surface area contributed by atoms with E-state index in [2.05, 4.69) is 20.9 Å². The van der Waals surface area contributed by atoms with Gasteiger partial charge in [0, 0.05) is 12.6 Å². The van der Waals surface area contributed by atoms with Crippen LogP contribution >= 0.6 is 0 Å². The molecule has 2 aromatic rings. The van der Waals surface area contributed by atoms with E-state index in [9.17, 15) is 4.79 Å². The molecule has 1 saturated heterocycles. The summed E-state index contributed by atoms with van der Waals surface area (Å²) in [5.74, 6) is -0.170. The number of hydrogen-bond acceptors (Lipinski definition) is 4. The minimum Gasteiger partial charge on any atom is -0.347 e. The van der Waals surface area contributed by atoms with Crippen molar-refractivity contribution in [1.82, 2.24) is 25.6 Å². The highest BCUT2D eigenvalue weighted by atomic mass is 16.2. The number of benzene rings is 1. The molecule has 1 unspecified atom stereocenters. The second-order valence-corrected chi connectivity index (χ2v) is 4.55. The SMILES string of the molecule is O=C(NC1CCNC1)c1cn(-c2ccccc2)nn1. The molecular formula is C13H15N5O. The van der Waals surface area contributed by atoms with E-state index in [1.165, 1.54) is 0 Å². The van der Waals surface area contributed by atoms with Gasteiger partial charge in [-0.25, -0.2) is 4.68 Å². The second-order valence-electron chi connectivity index (χ2n) is 4.55. The molecule has 0 radical (unpaired) electrons. The molecule has 1 aliphatic rings. The molecule has 3 rings (SSSR count). The first-order valence-corrected chi connectivity index (χ1v) is 6.32. The van der Waals surface area contributed by atoms with Crippen LogP contribution in [0.25, 0.3) is 5.69 Å². The molecule has 98 valence electrons.